The molecular weight excluding hydrogens is 222 g/mol. The van der Waals surface area contributed by atoms with E-state index in [9.17, 15) is 4.79 Å². The zero-order valence-corrected chi connectivity index (χ0v) is 10.9. The van der Waals surface area contributed by atoms with Crippen LogP contribution in [0.5, 0.6) is 0 Å². The summed E-state index contributed by atoms with van der Waals surface area (Å²) in [5.41, 5.74) is 0. The second-order valence-corrected chi connectivity index (χ2v) is 5.00. The normalized spacial score (nSPS) is 11.4. The molecule has 0 aliphatic heterocycles. The number of amides is 1. The van der Waals surface area contributed by atoms with E-state index in [0.717, 1.165) is 12.8 Å². The molecule has 1 rings (SSSR count). The van der Waals surface area contributed by atoms with Crippen molar-refractivity contribution in [2.24, 2.45) is 0 Å². The van der Waals surface area contributed by atoms with Gasteiger partial charge in [0.2, 0.25) is 0 Å². The predicted octanol–water partition coefficient (Wildman–Crippen LogP) is 2.36. The third kappa shape index (κ3) is 3.01. The Bertz CT molecular complexity index is 312. The molecular formula is C11H19N3OS. The van der Waals surface area contributed by atoms with Gasteiger partial charge in [-0.15, -0.1) is 0 Å². The molecule has 0 spiro atoms. The van der Waals surface area contributed by atoms with Crippen LogP contribution in [0.25, 0.3) is 0 Å². The van der Waals surface area contributed by atoms with Crippen LogP contribution in [0.3, 0.4) is 0 Å². The van der Waals surface area contributed by atoms with Gasteiger partial charge in [-0.3, -0.25) is 4.57 Å². The first-order chi connectivity index (χ1) is 7.67. The summed E-state index contributed by atoms with van der Waals surface area (Å²) in [7, 11) is 0. The Morgan fingerprint density at radius 3 is 2.62 bits per heavy atom. The molecule has 0 aliphatic rings. The lowest BCUT2D eigenvalue weighted by Crippen LogP contribution is -2.41. The molecule has 1 aromatic rings. The highest BCUT2D eigenvalue weighted by Gasteiger charge is 2.25. The first-order valence-electron chi connectivity index (χ1n) is 5.48. The van der Waals surface area contributed by atoms with E-state index in [1.54, 1.807) is 12.4 Å². The second-order valence-electron chi connectivity index (χ2n) is 3.72. The van der Waals surface area contributed by atoms with Crippen LogP contribution in [0, 0.1) is 0 Å². The summed E-state index contributed by atoms with van der Waals surface area (Å²) in [5.74, 6) is 0. The van der Waals surface area contributed by atoms with Crippen molar-refractivity contribution in [2.75, 3.05) is 12.8 Å². The SMILES string of the molecule is CCC(CC)(CNC(=O)n1ccnc1)SC. The van der Waals surface area contributed by atoms with E-state index in [1.165, 1.54) is 10.9 Å². The summed E-state index contributed by atoms with van der Waals surface area (Å²) in [4.78, 5) is 15.5. The van der Waals surface area contributed by atoms with Gasteiger partial charge >= 0.3 is 6.03 Å². The number of thioether (sulfide) groups is 1. The lowest BCUT2D eigenvalue weighted by atomic mass is 10.0. The molecule has 0 saturated heterocycles. The zero-order valence-electron chi connectivity index (χ0n) is 10.1. The topological polar surface area (TPSA) is 46.9 Å². The Morgan fingerprint density at radius 2 is 2.19 bits per heavy atom. The van der Waals surface area contributed by atoms with Crippen molar-refractivity contribution in [3.05, 3.63) is 18.7 Å². The van der Waals surface area contributed by atoms with Crippen LogP contribution < -0.4 is 5.32 Å². The molecule has 0 unspecified atom stereocenters. The number of nitrogens with one attached hydrogen (secondary N) is 1. The van der Waals surface area contributed by atoms with Gasteiger partial charge in [0.15, 0.2) is 0 Å². The molecule has 0 radical (unpaired) electrons. The third-order valence-corrected chi connectivity index (χ3v) is 4.61. The van der Waals surface area contributed by atoms with Gasteiger partial charge in [-0.1, -0.05) is 13.8 Å². The minimum Gasteiger partial charge on any atom is -0.336 e. The van der Waals surface area contributed by atoms with E-state index in [4.69, 9.17) is 0 Å². The molecule has 4 nitrogen and oxygen atoms in total. The molecule has 5 heteroatoms. The molecule has 1 amide bonds. The number of carbonyl (C=O) groups is 1. The third-order valence-electron chi connectivity index (χ3n) is 3.02. The summed E-state index contributed by atoms with van der Waals surface area (Å²) >= 11 is 1.82. The second kappa shape index (κ2) is 5.94. The van der Waals surface area contributed by atoms with Crippen molar-refractivity contribution in [1.82, 2.24) is 14.9 Å². The van der Waals surface area contributed by atoms with Crippen molar-refractivity contribution in [3.63, 3.8) is 0 Å². The van der Waals surface area contributed by atoms with Gasteiger partial charge in [-0.25, -0.2) is 9.78 Å². The molecule has 0 bridgehead atoms. The molecule has 0 aliphatic carbocycles. The van der Waals surface area contributed by atoms with E-state index in [-0.39, 0.29) is 10.8 Å². The van der Waals surface area contributed by atoms with Crippen LogP contribution in [-0.4, -0.2) is 33.1 Å². The Balaban J connectivity index is 2.53. The highest BCUT2D eigenvalue weighted by Crippen LogP contribution is 2.29. The monoisotopic (exact) mass is 241 g/mol. The van der Waals surface area contributed by atoms with Crippen LogP contribution in [0.15, 0.2) is 18.7 Å². The zero-order chi connectivity index (χ0) is 12.0. The maximum atomic E-state index is 11.7. The Hall–Kier alpha value is -0.970. The van der Waals surface area contributed by atoms with E-state index in [0.29, 0.717) is 6.54 Å². The Kier molecular flexibility index (Phi) is 4.86. The fraction of sp³-hybridized carbons (Fsp3) is 0.636. The minimum absolute atomic E-state index is 0.113. The Morgan fingerprint density at radius 1 is 1.50 bits per heavy atom. The van der Waals surface area contributed by atoms with Crippen molar-refractivity contribution in [2.45, 2.75) is 31.4 Å². The van der Waals surface area contributed by atoms with Crippen LogP contribution >= 0.6 is 11.8 Å². The highest BCUT2D eigenvalue weighted by molar-refractivity contribution is 8.00. The van der Waals surface area contributed by atoms with E-state index < -0.39 is 0 Å². The van der Waals surface area contributed by atoms with Gasteiger partial charge in [-0.2, -0.15) is 11.8 Å². The molecule has 0 fully saturated rings. The first-order valence-corrected chi connectivity index (χ1v) is 6.71. The van der Waals surface area contributed by atoms with Gasteiger partial charge in [0.1, 0.15) is 6.33 Å². The molecule has 1 N–H and O–H groups in total. The lowest BCUT2D eigenvalue weighted by molar-refractivity contribution is 0.241. The molecule has 1 aromatic heterocycles. The van der Waals surface area contributed by atoms with E-state index in [2.05, 4.69) is 30.4 Å². The Labute approximate surface area is 101 Å². The number of hydrogen-bond acceptors (Lipinski definition) is 3. The molecule has 0 atom stereocenters. The highest BCUT2D eigenvalue weighted by atomic mass is 32.2. The molecule has 1 heterocycles. The number of hydrogen-bond donors (Lipinski definition) is 1. The first kappa shape index (κ1) is 13.1. The summed E-state index contributed by atoms with van der Waals surface area (Å²) in [6.45, 7) is 5.00. The van der Waals surface area contributed by atoms with Crippen molar-refractivity contribution >= 4 is 17.8 Å². The van der Waals surface area contributed by atoms with Gasteiger partial charge in [-0.05, 0) is 19.1 Å². The van der Waals surface area contributed by atoms with Crippen molar-refractivity contribution in [1.29, 1.82) is 0 Å². The maximum absolute atomic E-state index is 11.7. The van der Waals surface area contributed by atoms with Gasteiger partial charge in [0, 0.05) is 23.7 Å². The molecule has 16 heavy (non-hydrogen) atoms. The molecule has 90 valence electrons. The average molecular weight is 241 g/mol. The smallest absolute Gasteiger partial charge is 0.326 e. The molecule has 0 aromatic carbocycles. The number of nitrogens with zero attached hydrogens (tertiary/aromatic N) is 2. The van der Waals surface area contributed by atoms with Crippen LogP contribution in [0.1, 0.15) is 26.7 Å². The van der Waals surface area contributed by atoms with E-state index in [1.807, 2.05) is 11.8 Å². The maximum Gasteiger partial charge on any atom is 0.326 e. The number of imidazole rings is 1. The summed E-state index contributed by atoms with van der Waals surface area (Å²) in [5, 5.41) is 2.94. The summed E-state index contributed by atoms with van der Waals surface area (Å²) in [6.07, 6.45) is 8.95. The van der Waals surface area contributed by atoms with Crippen molar-refractivity contribution < 1.29 is 4.79 Å². The summed E-state index contributed by atoms with van der Waals surface area (Å²) < 4.78 is 1.60. The lowest BCUT2D eigenvalue weighted by Gasteiger charge is -2.29. The van der Waals surface area contributed by atoms with E-state index >= 15 is 0 Å². The van der Waals surface area contributed by atoms with Gasteiger partial charge in [0.25, 0.3) is 0 Å². The minimum atomic E-state index is -0.113. The predicted molar refractivity (Wildman–Crippen MR) is 67.9 cm³/mol. The largest absolute Gasteiger partial charge is 0.336 e. The van der Waals surface area contributed by atoms with Gasteiger partial charge < -0.3 is 5.32 Å². The van der Waals surface area contributed by atoms with Crippen LogP contribution in [0.2, 0.25) is 0 Å². The van der Waals surface area contributed by atoms with Crippen molar-refractivity contribution in [3.8, 4) is 0 Å². The van der Waals surface area contributed by atoms with Crippen LogP contribution in [0.4, 0.5) is 4.79 Å². The fourth-order valence-corrected chi connectivity index (χ4v) is 2.36. The fourth-order valence-electron chi connectivity index (χ4n) is 1.57. The number of rotatable bonds is 5. The quantitative estimate of drug-likeness (QED) is 0.861. The van der Waals surface area contributed by atoms with Gasteiger partial charge in [0.05, 0.1) is 0 Å². The number of carbonyl (C=O) groups excluding carboxylic acids is 1. The van der Waals surface area contributed by atoms with Crippen LogP contribution in [-0.2, 0) is 0 Å². The molecule has 0 saturated carbocycles. The number of aromatic nitrogens is 2. The standard InChI is InChI=1S/C11H19N3OS/c1-4-11(5-2,16-3)8-13-10(15)14-7-6-12-9-14/h6-7,9H,4-5,8H2,1-3H3,(H,13,15). The average Bonchev–Trinajstić information content (AvgIpc) is 2.85. The summed E-state index contributed by atoms with van der Waals surface area (Å²) in [6, 6.07) is -0.113.